The number of ether oxygens (including phenoxy) is 1. The first-order valence-electron chi connectivity index (χ1n) is 13.1. The van der Waals surface area contributed by atoms with Gasteiger partial charge < -0.3 is 24.8 Å². The minimum atomic E-state index is -0.554. The zero-order valence-electron chi connectivity index (χ0n) is 23.0. The number of hydrogen-bond acceptors (Lipinski definition) is 6. The second-order valence-corrected chi connectivity index (χ2v) is 10.1. The molecule has 39 heavy (non-hydrogen) atoms. The van der Waals surface area contributed by atoms with Gasteiger partial charge in [-0.15, -0.1) is 0 Å². The number of carbonyl (C=O) groups is 2. The molecule has 1 fully saturated rings. The van der Waals surface area contributed by atoms with E-state index in [0.29, 0.717) is 44.8 Å². The number of nitrogens with zero attached hydrogens (tertiary/aromatic N) is 4. The molecule has 2 amide bonds. The van der Waals surface area contributed by atoms with Crippen molar-refractivity contribution < 1.29 is 18.7 Å². The Balaban J connectivity index is 1.33. The third-order valence-corrected chi connectivity index (χ3v) is 6.86. The molecule has 1 aliphatic heterocycles. The van der Waals surface area contributed by atoms with Gasteiger partial charge >= 0.3 is 0 Å². The summed E-state index contributed by atoms with van der Waals surface area (Å²) < 4.78 is 20.2. The van der Waals surface area contributed by atoms with Crippen LogP contribution in [0.1, 0.15) is 39.1 Å². The van der Waals surface area contributed by atoms with Crippen LogP contribution in [0.3, 0.4) is 0 Å². The fourth-order valence-electron chi connectivity index (χ4n) is 4.49. The Morgan fingerprint density at radius 1 is 0.949 bits per heavy atom. The summed E-state index contributed by atoms with van der Waals surface area (Å²) >= 11 is 0. The standard InChI is InChI=1S/C30H36FN5O3/c1-34(2)23-8-5-21(6-9-23)13-16-32-29(37)26-11-7-22(31)19-27(26)30(38)36-17-14-25(15-18-36)39-28-12-10-24(20-33-28)35(3)4/h5-12,19-20,25H,13-18H2,1-4H3,(H,32,37). The van der Waals surface area contributed by atoms with Gasteiger partial charge in [-0.2, -0.15) is 0 Å². The van der Waals surface area contributed by atoms with Crippen molar-refractivity contribution in [1.29, 1.82) is 0 Å². The lowest BCUT2D eigenvalue weighted by molar-refractivity contribution is 0.0584. The zero-order valence-corrected chi connectivity index (χ0v) is 23.0. The first-order valence-corrected chi connectivity index (χ1v) is 13.1. The van der Waals surface area contributed by atoms with E-state index in [2.05, 4.69) is 10.3 Å². The quantitative estimate of drug-likeness (QED) is 0.448. The largest absolute Gasteiger partial charge is 0.474 e. The number of amides is 2. The number of aromatic nitrogens is 1. The smallest absolute Gasteiger partial charge is 0.254 e. The minimum absolute atomic E-state index is 0.0724. The van der Waals surface area contributed by atoms with E-state index in [-0.39, 0.29) is 23.1 Å². The van der Waals surface area contributed by atoms with E-state index in [9.17, 15) is 14.0 Å². The maximum atomic E-state index is 14.1. The minimum Gasteiger partial charge on any atom is -0.474 e. The van der Waals surface area contributed by atoms with E-state index in [1.165, 1.54) is 12.1 Å². The summed E-state index contributed by atoms with van der Waals surface area (Å²) in [7, 11) is 7.86. The number of likely N-dealkylation sites (tertiary alicyclic amines) is 1. The molecule has 0 radical (unpaired) electrons. The molecule has 0 atom stereocenters. The molecule has 9 heteroatoms. The predicted octanol–water partition coefficient (Wildman–Crippen LogP) is 4.01. The van der Waals surface area contributed by atoms with E-state index in [1.54, 1.807) is 11.1 Å². The van der Waals surface area contributed by atoms with Crippen LogP contribution in [-0.2, 0) is 6.42 Å². The number of pyridine rings is 1. The molecule has 1 aliphatic rings. The maximum absolute atomic E-state index is 14.1. The number of benzene rings is 2. The zero-order chi connectivity index (χ0) is 27.9. The number of hydrogen-bond donors (Lipinski definition) is 1. The van der Waals surface area contributed by atoms with Crippen LogP contribution in [0.25, 0.3) is 0 Å². The van der Waals surface area contributed by atoms with Crippen LogP contribution in [0, 0.1) is 5.82 Å². The SMILES string of the molecule is CN(C)c1ccc(CCNC(=O)c2ccc(F)cc2C(=O)N2CCC(Oc3ccc(N(C)C)cn3)CC2)cc1. The van der Waals surface area contributed by atoms with Crippen LogP contribution in [0.5, 0.6) is 5.88 Å². The lowest BCUT2D eigenvalue weighted by atomic mass is 10.0. The highest BCUT2D eigenvalue weighted by molar-refractivity contribution is 6.07. The fraction of sp³-hybridized carbons (Fsp3) is 0.367. The summed E-state index contributed by atoms with van der Waals surface area (Å²) in [6.45, 7) is 1.29. The molecule has 1 aromatic heterocycles. The Kier molecular flexibility index (Phi) is 9.01. The molecule has 0 spiro atoms. The Hall–Kier alpha value is -4.14. The van der Waals surface area contributed by atoms with Gasteiger partial charge in [0.05, 0.1) is 23.0 Å². The number of carbonyl (C=O) groups excluding carboxylic acids is 2. The molecule has 4 rings (SSSR count). The highest BCUT2D eigenvalue weighted by atomic mass is 19.1. The Labute approximate surface area is 229 Å². The summed E-state index contributed by atoms with van der Waals surface area (Å²) in [5, 5.41) is 2.88. The van der Waals surface area contributed by atoms with Gasteiger partial charge in [-0.3, -0.25) is 9.59 Å². The van der Waals surface area contributed by atoms with Crippen molar-refractivity contribution in [3.05, 3.63) is 83.3 Å². The highest BCUT2D eigenvalue weighted by Crippen LogP contribution is 2.22. The second-order valence-electron chi connectivity index (χ2n) is 10.1. The molecular weight excluding hydrogens is 497 g/mol. The van der Waals surface area contributed by atoms with Gasteiger partial charge in [-0.25, -0.2) is 9.37 Å². The number of nitrogens with one attached hydrogen (secondary N) is 1. The highest BCUT2D eigenvalue weighted by Gasteiger charge is 2.28. The van der Waals surface area contributed by atoms with Crippen LogP contribution in [0.4, 0.5) is 15.8 Å². The molecule has 8 nitrogen and oxygen atoms in total. The molecule has 206 valence electrons. The molecule has 0 aliphatic carbocycles. The van der Waals surface area contributed by atoms with Crippen LogP contribution in [-0.4, -0.2) is 75.6 Å². The lowest BCUT2D eigenvalue weighted by Crippen LogP contribution is -2.42. The first kappa shape index (κ1) is 27.9. The molecule has 2 aromatic carbocycles. The second kappa shape index (κ2) is 12.6. The van der Waals surface area contributed by atoms with Crippen LogP contribution >= 0.6 is 0 Å². The van der Waals surface area contributed by atoms with E-state index >= 15 is 0 Å². The van der Waals surface area contributed by atoms with Crippen LogP contribution < -0.4 is 19.9 Å². The Morgan fingerprint density at radius 3 is 2.23 bits per heavy atom. The third kappa shape index (κ3) is 7.25. The van der Waals surface area contributed by atoms with Crippen LogP contribution in [0.2, 0.25) is 0 Å². The molecule has 1 N–H and O–H groups in total. The van der Waals surface area contributed by atoms with Gasteiger partial charge in [0.25, 0.3) is 11.8 Å². The van der Waals surface area contributed by atoms with E-state index in [4.69, 9.17) is 4.74 Å². The van der Waals surface area contributed by atoms with Gasteiger partial charge in [0, 0.05) is 72.4 Å². The summed E-state index contributed by atoms with van der Waals surface area (Å²) in [5.74, 6) is -0.760. The molecule has 0 unspecified atom stereocenters. The fourth-order valence-corrected chi connectivity index (χ4v) is 4.49. The summed E-state index contributed by atoms with van der Waals surface area (Å²) in [6.07, 6.45) is 3.56. The van der Waals surface area contributed by atoms with Crippen molar-refractivity contribution >= 4 is 23.2 Å². The van der Waals surface area contributed by atoms with E-state index in [0.717, 1.165) is 23.0 Å². The van der Waals surface area contributed by atoms with Gasteiger partial charge in [-0.1, -0.05) is 12.1 Å². The molecule has 2 heterocycles. The monoisotopic (exact) mass is 533 g/mol. The average Bonchev–Trinajstić information content (AvgIpc) is 2.93. The molecule has 1 saturated heterocycles. The van der Waals surface area contributed by atoms with Gasteiger partial charge in [0.15, 0.2) is 0 Å². The van der Waals surface area contributed by atoms with Gasteiger partial charge in [-0.05, 0) is 48.4 Å². The van der Waals surface area contributed by atoms with E-state index in [1.807, 2.05) is 74.4 Å². The number of piperidine rings is 1. The van der Waals surface area contributed by atoms with Crippen molar-refractivity contribution in [2.45, 2.75) is 25.4 Å². The topological polar surface area (TPSA) is 78.0 Å². The number of rotatable bonds is 9. The van der Waals surface area contributed by atoms with Crippen LogP contribution in [0.15, 0.2) is 60.8 Å². The molecular formula is C30H36FN5O3. The lowest BCUT2D eigenvalue weighted by Gasteiger charge is -2.32. The first-order chi connectivity index (χ1) is 18.7. The molecule has 3 aromatic rings. The molecule has 0 bridgehead atoms. The average molecular weight is 534 g/mol. The van der Waals surface area contributed by atoms with Crippen molar-refractivity contribution in [1.82, 2.24) is 15.2 Å². The summed E-state index contributed by atoms with van der Waals surface area (Å²) in [4.78, 5) is 36.3. The van der Waals surface area contributed by atoms with Crippen molar-refractivity contribution in [3.8, 4) is 5.88 Å². The van der Waals surface area contributed by atoms with Crippen molar-refractivity contribution in [2.24, 2.45) is 0 Å². The van der Waals surface area contributed by atoms with Gasteiger partial charge in [0.1, 0.15) is 11.9 Å². The van der Waals surface area contributed by atoms with E-state index < -0.39 is 11.7 Å². The number of anilines is 2. The third-order valence-electron chi connectivity index (χ3n) is 6.86. The Bertz CT molecular complexity index is 1270. The Morgan fingerprint density at radius 2 is 1.62 bits per heavy atom. The normalized spacial score (nSPS) is 13.6. The summed E-state index contributed by atoms with van der Waals surface area (Å²) in [5.41, 5.74) is 3.42. The predicted molar refractivity (Wildman–Crippen MR) is 151 cm³/mol. The molecule has 0 saturated carbocycles. The van der Waals surface area contributed by atoms with Gasteiger partial charge in [0.2, 0.25) is 5.88 Å². The van der Waals surface area contributed by atoms with Crippen molar-refractivity contribution in [3.63, 3.8) is 0 Å². The maximum Gasteiger partial charge on any atom is 0.254 e. The van der Waals surface area contributed by atoms with Crippen molar-refractivity contribution in [2.75, 3.05) is 57.6 Å². The number of halogens is 1. The summed E-state index contributed by atoms with van der Waals surface area (Å²) in [6, 6.07) is 15.6.